The Morgan fingerprint density at radius 1 is 0.544 bits per heavy atom. The second-order valence-corrected chi connectivity index (χ2v) is 26.5. The van der Waals surface area contributed by atoms with Gasteiger partial charge in [0.05, 0.1) is 42.9 Å². The molecule has 0 saturated carbocycles. The van der Waals surface area contributed by atoms with E-state index in [1.807, 2.05) is 0 Å². The van der Waals surface area contributed by atoms with Gasteiger partial charge in [0.2, 0.25) is 11.6 Å². The number of azo groups is 4. The fourth-order valence-electron chi connectivity index (χ4n) is 8.21. The van der Waals surface area contributed by atoms with Crippen LogP contribution in [0.3, 0.4) is 0 Å². The molecule has 1 heterocycles. The molecule has 0 aliphatic carbocycles. The van der Waals surface area contributed by atoms with E-state index in [1.54, 1.807) is 0 Å². The number of fused-ring (bicyclic) bond motifs is 2. The normalized spacial score (nSPS) is 13.0. The van der Waals surface area contributed by atoms with Crippen LogP contribution in [-0.2, 0) is 60.7 Å². The number of non-ortho nitro benzene ring substituents is 1. The molecule has 8 rings (SSSR count). The Kier molecular flexibility index (Phi) is 17.0. The van der Waals surface area contributed by atoms with Gasteiger partial charge in [0.1, 0.15) is 58.6 Å². The maximum Gasteiger partial charge on any atom is 0.358 e. The van der Waals surface area contributed by atoms with Crippen LogP contribution in [0.25, 0.3) is 27.2 Å². The first-order valence-corrected chi connectivity index (χ1v) is 31.9. The van der Waals surface area contributed by atoms with Gasteiger partial charge in [-0.1, -0.05) is 11.6 Å². The number of benzene rings is 7. The standard InChI is InChI=1S/C44H29ClN12O27S6/c1-15-8-18(85(67,68)69)11-23(45)38(15)56-42(60)36(37(55-56)44(63)64)54-48-24-6-2-16(9-29(24)87(73,74)75)47-52-34-30(88(76,77)78)12-21-19(39(34)58)5-7-25(41(21)90(82,83)84)49-51-27-14-28(86(70,71)72)22-13-31(89(79,80)81)35(40(59)32(22)33(27)46)53-50-26-10-17(57(65)66)3-4-20(26)43(61)62/h2-14,58-60H,46H2,1H3,(H,61,62)(H,63,64)(H,67,68,69)(H,70,71,72)(H,73,74,75)(H,76,77,78)(H,79,80,81)(H,82,83,84). The van der Waals surface area contributed by atoms with Crippen LogP contribution >= 0.6 is 11.6 Å². The number of nitro benzene ring substituents is 1. The van der Waals surface area contributed by atoms with E-state index in [-0.39, 0.29) is 23.4 Å². The lowest BCUT2D eigenvalue weighted by Crippen LogP contribution is -2.06. The summed E-state index contributed by atoms with van der Waals surface area (Å²) < 4.78 is 213. The van der Waals surface area contributed by atoms with Crippen LogP contribution in [0.4, 0.5) is 56.9 Å². The summed E-state index contributed by atoms with van der Waals surface area (Å²) in [5, 5.41) is 92.6. The van der Waals surface area contributed by atoms with Crippen molar-refractivity contribution in [3.05, 3.63) is 111 Å². The Morgan fingerprint density at radius 2 is 1.08 bits per heavy atom. The summed E-state index contributed by atoms with van der Waals surface area (Å²) in [6.07, 6.45) is 0. The molecule has 7 aromatic carbocycles. The molecular weight excluding hydrogens is 1360 g/mol. The highest BCUT2D eigenvalue weighted by Gasteiger charge is 2.33. The number of hydrogen-bond donors (Lipinski definition) is 12. The summed E-state index contributed by atoms with van der Waals surface area (Å²) in [4.78, 5) is 26.6. The number of anilines is 1. The van der Waals surface area contributed by atoms with Crippen LogP contribution < -0.4 is 5.73 Å². The van der Waals surface area contributed by atoms with E-state index in [1.165, 1.54) is 6.92 Å². The number of rotatable bonds is 18. The number of carbonyl (C=O) groups is 2. The van der Waals surface area contributed by atoms with E-state index >= 15 is 0 Å². The van der Waals surface area contributed by atoms with E-state index in [4.69, 9.17) is 17.3 Å². The first-order valence-electron chi connectivity index (χ1n) is 22.9. The second kappa shape index (κ2) is 23.2. The number of phenolic OH excluding ortho intramolecular Hbond substituents is 2. The number of carboxylic acid groups (broad SMARTS) is 2. The van der Waals surface area contributed by atoms with E-state index in [9.17, 15) is 123 Å². The number of nitrogens with zero attached hydrogens (tertiary/aromatic N) is 11. The van der Waals surface area contributed by atoms with E-state index < -0.39 is 219 Å². The van der Waals surface area contributed by atoms with Crippen LogP contribution in [0.2, 0.25) is 5.02 Å². The quantitative estimate of drug-likeness (QED) is 0.0126. The number of nitro groups is 1. The van der Waals surface area contributed by atoms with Gasteiger partial charge in [-0.2, -0.15) is 65.4 Å². The van der Waals surface area contributed by atoms with Crippen molar-refractivity contribution in [2.45, 2.75) is 36.3 Å². The molecule has 90 heavy (non-hydrogen) atoms. The van der Waals surface area contributed by atoms with Crippen LogP contribution in [0.1, 0.15) is 26.4 Å². The molecule has 0 fully saturated rings. The van der Waals surface area contributed by atoms with Gasteiger partial charge in [0, 0.05) is 28.3 Å². The van der Waals surface area contributed by atoms with Gasteiger partial charge in [-0.25, -0.2) is 9.59 Å². The zero-order chi connectivity index (χ0) is 67.0. The first kappa shape index (κ1) is 65.9. The number of aromatic nitrogens is 2. The Labute approximate surface area is 504 Å². The third-order valence-electron chi connectivity index (χ3n) is 12.0. The monoisotopic (exact) mass is 1380 g/mol. The zero-order valence-corrected chi connectivity index (χ0v) is 48.9. The zero-order valence-electron chi connectivity index (χ0n) is 43.3. The highest BCUT2D eigenvalue weighted by molar-refractivity contribution is 7.87. The third-order valence-corrected chi connectivity index (χ3v) is 17.6. The Hall–Kier alpha value is -10.0. The smallest absolute Gasteiger partial charge is 0.358 e. The minimum absolute atomic E-state index is 0.111. The molecule has 0 atom stereocenters. The van der Waals surface area contributed by atoms with Crippen LogP contribution in [0, 0.1) is 17.0 Å². The largest absolute Gasteiger partial charge is 0.505 e. The maximum atomic E-state index is 13.1. The van der Waals surface area contributed by atoms with Crippen molar-refractivity contribution < 1.29 is 118 Å². The molecular formula is C44H29ClN12O27S6. The summed E-state index contributed by atoms with van der Waals surface area (Å²) in [6, 6.07) is 7.76. The van der Waals surface area contributed by atoms with Crippen molar-refractivity contribution in [2.75, 3.05) is 5.73 Å². The van der Waals surface area contributed by atoms with Gasteiger partial charge in [0.25, 0.3) is 66.4 Å². The molecule has 46 heteroatoms. The Balaban J connectivity index is 1.23. The molecule has 39 nitrogen and oxygen atoms in total. The molecule has 0 spiro atoms. The summed E-state index contributed by atoms with van der Waals surface area (Å²) in [7, 11) is -33.2. The maximum absolute atomic E-state index is 13.1. The molecule has 0 bridgehead atoms. The van der Waals surface area contributed by atoms with Crippen molar-refractivity contribution in [1.29, 1.82) is 0 Å². The highest BCUT2D eigenvalue weighted by Crippen LogP contribution is 2.50. The summed E-state index contributed by atoms with van der Waals surface area (Å²) in [6.45, 7) is 1.22. The van der Waals surface area contributed by atoms with Gasteiger partial charge < -0.3 is 31.3 Å². The number of aryl methyl sites for hydroxylation is 1. The predicted octanol–water partition coefficient (Wildman–Crippen LogP) is 8.29. The average Bonchev–Trinajstić information content (AvgIpc) is 0.895. The van der Waals surface area contributed by atoms with Crippen LogP contribution in [-0.4, -0.2) is 130 Å². The van der Waals surface area contributed by atoms with Crippen molar-refractivity contribution in [1.82, 2.24) is 9.78 Å². The number of nitrogens with two attached hydrogens (primary N) is 1. The summed E-state index contributed by atoms with van der Waals surface area (Å²) in [5.74, 6) is -7.74. The molecule has 0 aliphatic rings. The number of carboxylic acids is 2. The molecule has 13 N–H and O–H groups in total. The van der Waals surface area contributed by atoms with Crippen molar-refractivity contribution in [3.8, 4) is 23.1 Å². The molecule has 0 radical (unpaired) electrons. The molecule has 0 amide bonds. The number of phenols is 2. The molecule has 0 aliphatic heterocycles. The second-order valence-electron chi connectivity index (χ2n) is 17.8. The minimum atomic E-state index is -5.80. The number of hydrogen-bond acceptors (Lipinski definition) is 29. The van der Waals surface area contributed by atoms with Crippen LogP contribution in [0.15, 0.2) is 149 Å². The fourth-order valence-corrected chi connectivity index (χ4v) is 12.7. The summed E-state index contributed by atoms with van der Waals surface area (Å²) in [5.41, 5.74) is -5.99. The van der Waals surface area contributed by atoms with Crippen LogP contribution in [0.5, 0.6) is 17.4 Å². The lowest BCUT2D eigenvalue weighted by Gasteiger charge is -2.15. The average molecular weight is 1390 g/mol. The van der Waals surface area contributed by atoms with E-state index in [0.29, 0.717) is 41.1 Å². The lowest BCUT2D eigenvalue weighted by molar-refractivity contribution is -0.384. The van der Waals surface area contributed by atoms with Gasteiger partial charge in [-0.05, 0) is 79.2 Å². The lowest BCUT2D eigenvalue weighted by atomic mass is 10.0. The Bertz CT molecular complexity index is 5410. The predicted molar refractivity (Wildman–Crippen MR) is 300 cm³/mol. The highest BCUT2D eigenvalue weighted by atomic mass is 35.5. The van der Waals surface area contributed by atoms with Crippen molar-refractivity contribution in [2.24, 2.45) is 40.9 Å². The van der Waals surface area contributed by atoms with Crippen molar-refractivity contribution in [3.63, 3.8) is 0 Å². The number of halogens is 1. The van der Waals surface area contributed by atoms with E-state index in [2.05, 4.69) is 46.0 Å². The minimum Gasteiger partial charge on any atom is -0.505 e. The van der Waals surface area contributed by atoms with Gasteiger partial charge in [0.15, 0.2) is 17.2 Å². The van der Waals surface area contributed by atoms with Crippen molar-refractivity contribution >= 4 is 163 Å². The number of nitrogen functional groups attached to an aromatic ring is 1. The fraction of sp³-hybridized carbons (Fsp3) is 0.0227. The van der Waals surface area contributed by atoms with Gasteiger partial charge in [-0.3, -0.25) is 37.4 Å². The molecule has 1 aromatic heterocycles. The topological polar surface area (TPSA) is 647 Å². The molecule has 0 unspecified atom stereocenters. The molecule has 470 valence electrons. The number of aromatic hydroxyl groups is 3. The number of aromatic carboxylic acids is 2. The first-order chi connectivity index (χ1) is 41.4. The summed E-state index contributed by atoms with van der Waals surface area (Å²) >= 11 is 6.19. The Morgan fingerprint density at radius 3 is 1.62 bits per heavy atom. The molecule has 0 saturated heterocycles. The SMILES string of the molecule is Cc1cc(S(=O)(=O)O)cc(Cl)c1-n1nc(C(=O)O)c(N=Nc2ccc(N=Nc3c(S(=O)(=O)O)cc4c(S(=O)(=O)O)c(N=Nc5cc(S(=O)(=O)O)c6cc(S(=O)(=O)O)c(N=Nc7cc([N+](=O)[O-])ccc7C(=O)O)c(O)c6c5N)ccc4c3O)cc2S(=O)(=O)O)c1O. The molecule has 8 aromatic rings. The van der Waals surface area contributed by atoms with Gasteiger partial charge >= 0.3 is 11.9 Å². The van der Waals surface area contributed by atoms with E-state index in [0.717, 1.165) is 30.3 Å². The van der Waals surface area contributed by atoms with Gasteiger partial charge in [-0.15, -0.1) is 35.8 Å². The third kappa shape index (κ3) is 12.9.